The van der Waals surface area contributed by atoms with Gasteiger partial charge in [-0.2, -0.15) is 13.6 Å². The van der Waals surface area contributed by atoms with Crippen molar-refractivity contribution in [3.63, 3.8) is 0 Å². The van der Waals surface area contributed by atoms with Crippen molar-refractivity contribution in [1.29, 1.82) is 0 Å². The van der Waals surface area contributed by atoms with Crippen LogP contribution in [-0.4, -0.2) is 18.6 Å². The smallest absolute Gasteiger partial charge is 0.380 e. The second-order valence-corrected chi connectivity index (χ2v) is 3.35. The van der Waals surface area contributed by atoms with Crippen molar-refractivity contribution in [1.82, 2.24) is 0 Å². The minimum Gasteiger partial charge on any atom is -0.504 e. The third kappa shape index (κ3) is 2.49. The molecule has 6 nitrogen and oxygen atoms in total. The molecule has 0 unspecified atom stereocenters. The second kappa shape index (κ2) is 3.11. The van der Waals surface area contributed by atoms with E-state index in [1.165, 1.54) is 12.1 Å². The van der Waals surface area contributed by atoms with Gasteiger partial charge in [0.15, 0.2) is 11.5 Å². The van der Waals surface area contributed by atoms with Crippen LogP contribution >= 0.6 is 0 Å². The van der Waals surface area contributed by atoms with Crippen molar-refractivity contribution < 1.29 is 22.8 Å². The molecule has 0 bridgehead atoms. The number of benzene rings is 1. The highest BCUT2D eigenvalue weighted by atomic mass is 32.2. The number of nitrogens with two attached hydrogens (primary N) is 1. The number of para-hydroxylation sites is 1. The Morgan fingerprint density at radius 1 is 1.31 bits per heavy atom. The van der Waals surface area contributed by atoms with Crippen molar-refractivity contribution in [2.24, 2.45) is 5.14 Å². The highest BCUT2D eigenvalue weighted by molar-refractivity contribution is 7.84. The summed E-state index contributed by atoms with van der Waals surface area (Å²) >= 11 is 0. The lowest BCUT2D eigenvalue weighted by atomic mass is 10.3. The van der Waals surface area contributed by atoms with Crippen LogP contribution in [0.3, 0.4) is 0 Å². The fourth-order valence-corrected chi connectivity index (χ4v) is 1.09. The van der Waals surface area contributed by atoms with Gasteiger partial charge in [0.25, 0.3) is 0 Å². The van der Waals surface area contributed by atoms with Gasteiger partial charge in [0.05, 0.1) is 0 Å². The largest absolute Gasteiger partial charge is 0.504 e. The van der Waals surface area contributed by atoms with E-state index in [-0.39, 0.29) is 0 Å². The van der Waals surface area contributed by atoms with Crippen LogP contribution in [0.1, 0.15) is 0 Å². The van der Waals surface area contributed by atoms with E-state index in [9.17, 15) is 8.42 Å². The van der Waals surface area contributed by atoms with E-state index >= 15 is 0 Å². The van der Waals surface area contributed by atoms with Crippen molar-refractivity contribution in [3.05, 3.63) is 18.2 Å². The molecule has 0 spiro atoms. The maximum Gasteiger partial charge on any atom is 0.380 e. The molecule has 0 amide bonds. The van der Waals surface area contributed by atoms with Crippen LogP contribution in [0.15, 0.2) is 18.2 Å². The van der Waals surface area contributed by atoms with Crippen molar-refractivity contribution in [3.8, 4) is 17.2 Å². The number of hydrogen-bond donors (Lipinski definition) is 3. The lowest BCUT2D eigenvalue weighted by molar-refractivity contribution is 0.383. The molecule has 0 fully saturated rings. The zero-order valence-electron chi connectivity index (χ0n) is 6.34. The summed E-state index contributed by atoms with van der Waals surface area (Å²) < 4.78 is 25.0. The second-order valence-electron chi connectivity index (χ2n) is 2.20. The summed E-state index contributed by atoms with van der Waals surface area (Å²) in [6.45, 7) is 0. The first-order chi connectivity index (χ1) is 5.90. The van der Waals surface area contributed by atoms with Crippen LogP contribution in [0.25, 0.3) is 0 Å². The summed E-state index contributed by atoms with van der Waals surface area (Å²) in [5.74, 6) is -1.57. The summed E-state index contributed by atoms with van der Waals surface area (Å²) in [6.07, 6.45) is 0. The SMILES string of the molecule is NS(=O)(=O)Oc1cccc(O)c1O. The van der Waals surface area contributed by atoms with Gasteiger partial charge in [0.1, 0.15) is 0 Å². The first-order valence-electron chi connectivity index (χ1n) is 3.13. The molecule has 0 aliphatic heterocycles. The number of phenolic OH excluding ortho intramolecular Hbond substituents is 2. The zero-order valence-corrected chi connectivity index (χ0v) is 7.15. The standard InChI is InChI=1S/C6H7NO5S/c7-13(10,11)12-5-3-1-2-4(8)6(5)9/h1-3,8-9H,(H2,7,10,11). The van der Waals surface area contributed by atoms with E-state index in [0.29, 0.717) is 0 Å². The summed E-state index contributed by atoms with van der Waals surface area (Å²) in [5.41, 5.74) is 0. The average Bonchev–Trinajstić information content (AvgIpc) is 1.96. The Bertz CT molecular complexity index is 413. The van der Waals surface area contributed by atoms with Gasteiger partial charge in [-0.1, -0.05) is 6.07 Å². The maximum atomic E-state index is 10.4. The van der Waals surface area contributed by atoms with E-state index in [2.05, 4.69) is 9.32 Å². The van der Waals surface area contributed by atoms with E-state index in [0.717, 1.165) is 6.07 Å². The number of aromatic hydroxyl groups is 2. The Morgan fingerprint density at radius 2 is 1.92 bits per heavy atom. The van der Waals surface area contributed by atoms with Crippen LogP contribution in [-0.2, 0) is 10.3 Å². The molecule has 0 atom stereocenters. The van der Waals surface area contributed by atoms with Gasteiger partial charge in [-0.3, -0.25) is 0 Å². The van der Waals surface area contributed by atoms with Gasteiger partial charge < -0.3 is 14.4 Å². The Labute approximate surface area is 74.4 Å². The quantitative estimate of drug-likeness (QED) is 0.573. The highest BCUT2D eigenvalue weighted by Crippen LogP contribution is 2.34. The third-order valence-electron chi connectivity index (χ3n) is 1.18. The Morgan fingerprint density at radius 3 is 2.46 bits per heavy atom. The number of rotatable bonds is 2. The van der Waals surface area contributed by atoms with Gasteiger partial charge in [-0.15, -0.1) is 0 Å². The van der Waals surface area contributed by atoms with Crippen LogP contribution in [0, 0.1) is 0 Å². The van der Waals surface area contributed by atoms with E-state index in [4.69, 9.17) is 10.2 Å². The van der Waals surface area contributed by atoms with Crippen molar-refractivity contribution in [2.75, 3.05) is 0 Å². The molecule has 72 valence electrons. The molecular formula is C6H7NO5S. The lowest BCUT2D eigenvalue weighted by Gasteiger charge is -2.04. The summed E-state index contributed by atoms with van der Waals surface area (Å²) in [6, 6.07) is 3.63. The Hall–Kier alpha value is -1.47. The van der Waals surface area contributed by atoms with Crippen LogP contribution in [0.4, 0.5) is 0 Å². The maximum absolute atomic E-state index is 10.4. The minimum absolute atomic E-state index is 0.414. The predicted octanol–water partition coefficient (Wildman–Crippen LogP) is -0.320. The van der Waals surface area contributed by atoms with E-state index < -0.39 is 27.6 Å². The van der Waals surface area contributed by atoms with Gasteiger partial charge in [-0.25, -0.2) is 0 Å². The average molecular weight is 205 g/mol. The van der Waals surface area contributed by atoms with Gasteiger partial charge in [0.2, 0.25) is 5.75 Å². The minimum atomic E-state index is -4.19. The van der Waals surface area contributed by atoms with Gasteiger partial charge >= 0.3 is 10.3 Å². The molecule has 13 heavy (non-hydrogen) atoms. The Kier molecular flexibility index (Phi) is 2.30. The molecule has 0 saturated carbocycles. The molecule has 0 aromatic heterocycles. The van der Waals surface area contributed by atoms with Crippen molar-refractivity contribution >= 4 is 10.3 Å². The molecule has 0 aliphatic carbocycles. The molecule has 0 saturated heterocycles. The van der Waals surface area contributed by atoms with Crippen LogP contribution in [0.5, 0.6) is 17.2 Å². The molecule has 0 heterocycles. The van der Waals surface area contributed by atoms with Crippen LogP contribution < -0.4 is 9.32 Å². The summed E-state index contributed by atoms with van der Waals surface area (Å²) in [4.78, 5) is 0. The highest BCUT2D eigenvalue weighted by Gasteiger charge is 2.12. The van der Waals surface area contributed by atoms with Crippen molar-refractivity contribution in [2.45, 2.75) is 0 Å². The number of phenols is 2. The van der Waals surface area contributed by atoms with Gasteiger partial charge in [-0.05, 0) is 12.1 Å². The third-order valence-corrected chi connectivity index (χ3v) is 1.60. The molecule has 1 rings (SSSR count). The normalized spacial score (nSPS) is 11.2. The first-order valence-corrected chi connectivity index (χ1v) is 4.60. The topological polar surface area (TPSA) is 110 Å². The fourth-order valence-electron chi connectivity index (χ4n) is 0.703. The molecule has 0 aliphatic rings. The zero-order chi connectivity index (χ0) is 10.1. The Balaban J connectivity index is 3.10. The number of hydrogen-bond acceptors (Lipinski definition) is 5. The van der Waals surface area contributed by atoms with E-state index in [1.807, 2.05) is 0 Å². The lowest BCUT2D eigenvalue weighted by Crippen LogP contribution is -2.18. The first kappa shape index (κ1) is 9.62. The molecule has 1 aromatic carbocycles. The monoisotopic (exact) mass is 205 g/mol. The predicted molar refractivity (Wildman–Crippen MR) is 43.5 cm³/mol. The summed E-state index contributed by atoms with van der Waals surface area (Å²) in [5, 5.41) is 22.5. The van der Waals surface area contributed by atoms with Gasteiger partial charge in [0, 0.05) is 0 Å². The molecule has 4 N–H and O–H groups in total. The van der Waals surface area contributed by atoms with Crippen LogP contribution in [0.2, 0.25) is 0 Å². The molecule has 1 aromatic rings. The van der Waals surface area contributed by atoms with E-state index in [1.54, 1.807) is 0 Å². The molecular weight excluding hydrogens is 198 g/mol. The fraction of sp³-hybridized carbons (Fsp3) is 0. The summed E-state index contributed by atoms with van der Waals surface area (Å²) in [7, 11) is -4.19. The molecule has 0 radical (unpaired) electrons. The molecule has 7 heteroatoms.